The molecule has 0 saturated carbocycles. The Morgan fingerprint density at radius 3 is 2.92 bits per heavy atom. The normalized spacial score (nSPS) is 26.9. The lowest BCUT2D eigenvalue weighted by Crippen LogP contribution is -2.24. The Bertz CT molecular complexity index is 298. The van der Waals surface area contributed by atoms with Gasteiger partial charge in [0.15, 0.2) is 0 Å². The summed E-state index contributed by atoms with van der Waals surface area (Å²) < 4.78 is 0. The van der Waals surface area contributed by atoms with Gasteiger partial charge in [-0.3, -0.25) is 0 Å². The van der Waals surface area contributed by atoms with Gasteiger partial charge in [-0.2, -0.15) is 0 Å². The summed E-state index contributed by atoms with van der Waals surface area (Å²) in [5.41, 5.74) is 7.96. The first-order valence-corrected chi connectivity index (χ1v) is 4.77. The number of benzene rings is 1. The van der Waals surface area contributed by atoms with E-state index in [1.807, 2.05) is 18.2 Å². The van der Waals surface area contributed by atoms with Gasteiger partial charge >= 0.3 is 0 Å². The molecular formula is C11H15NO. The average Bonchev–Trinajstić information content (AvgIpc) is 2.18. The van der Waals surface area contributed by atoms with Crippen molar-refractivity contribution in [3.8, 4) is 0 Å². The van der Waals surface area contributed by atoms with E-state index in [1.54, 1.807) is 0 Å². The molecule has 2 nitrogen and oxygen atoms in total. The predicted molar refractivity (Wildman–Crippen MR) is 52.3 cm³/mol. The summed E-state index contributed by atoms with van der Waals surface area (Å²) in [5, 5.41) is 9.81. The minimum atomic E-state index is -0.307. The molecule has 1 aromatic carbocycles. The maximum atomic E-state index is 9.81. The van der Waals surface area contributed by atoms with Crippen molar-refractivity contribution in [1.29, 1.82) is 0 Å². The Balaban J connectivity index is 2.31. The van der Waals surface area contributed by atoms with Gasteiger partial charge in [-0.1, -0.05) is 24.3 Å². The first kappa shape index (κ1) is 8.73. The quantitative estimate of drug-likeness (QED) is 0.678. The van der Waals surface area contributed by atoms with Gasteiger partial charge in [-0.25, -0.2) is 0 Å². The molecule has 0 aliphatic heterocycles. The Labute approximate surface area is 78.4 Å². The molecule has 0 saturated heterocycles. The van der Waals surface area contributed by atoms with E-state index in [4.69, 9.17) is 5.73 Å². The molecule has 1 aromatic rings. The van der Waals surface area contributed by atoms with Crippen LogP contribution in [0.15, 0.2) is 24.3 Å². The molecule has 13 heavy (non-hydrogen) atoms. The van der Waals surface area contributed by atoms with Crippen LogP contribution >= 0.6 is 0 Å². The van der Waals surface area contributed by atoms with E-state index in [9.17, 15) is 5.11 Å². The fraction of sp³-hybridized carbons (Fsp3) is 0.455. The van der Waals surface area contributed by atoms with Crippen LogP contribution in [-0.2, 0) is 6.42 Å². The van der Waals surface area contributed by atoms with Gasteiger partial charge in [-0.15, -0.1) is 0 Å². The summed E-state index contributed by atoms with van der Waals surface area (Å²) in [6.45, 7) is 0.672. The van der Waals surface area contributed by atoms with E-state index in [0.717, 1.165) is 18.4 Å². The molecule has 1 aliphatic carbocycles. The van der Waals surface area contributed by atoms with Crippen LogP contribution in [0.2, 0.25) is 0 Å². The predicted octanol–water partition coefficient (Wildman–Crippen LogP) is 1.24. The molecule has 0 radical (unpaired) electrons. The highest BCUT2D eigenvalue weighted by Gasteiger charge is 2.23. The Morgan fingerprint density at radius 1 is 1.38 bits per heavy atom. The lowest BCUT2D eigenvalue weighted by Gasteiger charge is -2.27. The van der Waals surface area contributed by atoms with Crippen molar-refractivity contribution in [3.63, 3.8) is 0 Å². The molecule has 0 fully saturated rings. The van der Waals surface area contributed by atoms with Crippen LogP contribution in [0.3, 0.4) is 0 Å². The fourth-order valence-corrected chi connectivity index (χ4v) is 2.06. The van der Waals surface area contributed by atoms with E-state index in [-0.39, 0.29) is 6.10 Å². The van der Waals surface area contributed by atoms with Gasteiger partial charge in [0.1, 0.15) is 0 Å². The second-order valence-electron chi connectivity index (χ2n) is 3.76. The van der Waals surface area contributed by atoms with Crippen molar-refractivity contribution in [1.82, 2.24) is 0 Å². The number of nitrogens with two attached hydrogens (primary N) is 1. The third-order valence-corrected chi connectivity index (χ3v) is 2.81. The lowest BCUT2D eigenvalue weighted by atomic mass is 9.82. The van der Waals surface area contributed by atoms with Crippen LogP contribution in [0.25, 0.3) is 0 Å². The van der Waals surface area contributed by atoms with Gasteiger partial charge in [0.2, 0.25) is 0 Å². The zero-order valence-electron chi connectivity index (χ0n) is 7.61. The summed E-state index contributed by atoms with van der Waals surface area (Å²) in [7, 11) is 0. The first-order chi connectivity index (χ1) is 6.31. The number of fused-ring (bicyclic) bond motifs is 1. The highest BCUT2D eigenvalue weighted by molar-refractivity contribution is 5.31. The molecule has 0 bridgehead atoms. The molecule has 2 atom stereocenters. The van der Waals surface area contributed by atoms with E-state index >= 15 is 0 Å². The molecule has 3 N–H and O–H groups in total. The highest BCUT2D eigenvalue weighted by atomic mass is 16.3. The van der Waals surface area contributed by atoms with Crippen LogP contribution < -0.4 is 5.73 Å². The first-order valence-electron chi connectivity index (χ1n) is 4.77. The van der Waals surface area contributed by atoms with Gasteiger partial charge in [0.05, 0.1) is 6.10 Å². The third kappa shape index (κ3) is 1.60. The Hall–Kier alpha value is -0.860. The molecule has 0 aromatic heterocycles. The fourth-order valence-electron chi connectivity index (χ4n) is 2.06. The molecular weight excluding hydrogens is 162 g/mol. The van der Waals surface area contributed by atoms with E-state index in [0.29, 0.717) is 12.5 Å². The van der Waals surface area contributed by atoms with Crippen molar-refractivity contribution < 1.29 is 5.11 Å². The second kappa shape index (κ2) is 3.48. The maximum Gasteiger partial charge on any atom is 0.0796 e. The smallest absolute Gasteiger partial charge is 0.0796 e. The van der Waals surface area contributed by atoms with Crippen LogP contribution in [-0.4, -0.2) is 11.7 Å². The molecule has 0 spiro atoms. The average molecular weight is 177 g/mol. The lowest BCUT2D eigenvalue weighted by molar-refractivity contribution is 0.134. The van der Waals surface area contributed by atoms with E-state index in [1.165, 1.54) is 5.56 Å². The second-order valence-corrected chi connectivity index (χ2v) is 3.76. The number of aliphatic hydroxyl groups is 1. The third-order valence-electron chi connectivity index (χ3n) is 2.81. The minimum Gasteiger partial charge on any atom is -0.388 e. The summed E-state index contributed by atoms with van der Waals surface area (Å²) in [4.78, 5) is 0. The summed E-state index contributed by atoms with van der Waals surface area (Å²) >= 11 is 0. The van der Waals surface area contributed by atoms with Crippen molar-refractivity contribution >= 4 is 0 Å². The topological polar surface area (TPSA) is 46.2 Å². The van der Waals surface area contributed by atoms with Crippen LogP contribution in [0.4, 0.5) is 0 Å². The van der Waals surface area contributed by atoms with Crippen molar-refractivity contribution in [2.24, 2.45) is 11.7 Å². The molecule has 2 unspecified atom stereocenters. The maximum absolute atomic E-state index is 9.81. The molecule has 1 aliphatic rings. The van der Waals surface area contributed by atoms with Crippen LogP contribution in [0.1, 0.15) is 23.7 Å². The van der Waals surface area contributed by atoms with Crippen molar-refractivity contribution in [2.75, 3.05) is 6.54 Å². The highest BCUT2D eigenvalue weighted by Crippen LogP contribution is 2.32. The van der Waals surface area contributed by atoms with Gasteiger partial charge in [-0.05, 0) is 36.4 Å². The summed E-state index contributed by atoms with van der Waals surface area (Å²) in [6.07, 6.45) is 1.52. The summed E-state index contributed by atoms with van der Waals surface area (Å²) in [5.74, 6) is 0.449. The summed E-state index contributed by atoms with van der Waals surface area (Å²) in [6, 6.07) is 8.09. The monoisotopic (exact) mass is 177 g/mol. The number of aliphatic hydroxyl groups excluding tert-OH is 1. The number of hydrogen-bond donors (Lipinski definition) is 2. The van der Waals surface area contributed by atoms with Gasteiger partial charge in [0.25, 0.3) is 0 Å². The number of hydrogen-bond acceptors (Lipinski definition) is 2. The van der Waals surface area contributed by atoms with Crippen LogP contribution in [0, 0.1) is 5.92 Å². The zero-order chi connectivity index (χ0) is 9.26. The van der Waals surface area contributed by atoms with Crippen molar-refractivity contribution in [2.45, 2.75) is 18.9 Å². The van der Waals surface area contributed by atoms with Gasteiger partial charge < -0.3 is 10.8 Å². The Kier molecular flexibility index (Phi) is 2.34. The largest absolute Gasteiger partial charge is 0.388 e. The SMILES string of the molecule is NCC1Cc2ccccc2C(O)C1. The van der Waals surface area contributed by atoms with Crippen LogP contribution in [0.5, 0.6) is 0 Å². The molecule has 0 amide bonds. The molecule has 2 heteroatoms. The van der Waals surface area contributed by atoms with E-state index in [2.05, 4.69) is 6.07 Å². The molecule has 70 valence electrons. The Morgan fingerprint density at radius 2 is 2.15 bits per heavy atom. The van der Waals surface area contributed by atoms with Gasteiger partial charge in [0, 0.05) is 0 Å². The molecule has 2 rings (SSSR count). The number of rotatable bonds is 1. The standard InChI is InChI=1S/C11H15NO/c12-7-8-5-9-3-1-2-4-10(9)11(13)6-8/h1-4,8,11,13H,5-7,12H2. The van der Waals surface area contributed by atoms with Crippen molar-refractivity contribution in [3.05, 3.63) is 35.4 Å². The minimum absolute atomic E-state index is 0.307. The molecule has 0 heterocycles. The van der Waals surface area contributed by atoms with E-state index < -0.39 is 0 Å². The zero-order valence-corrected chi connectivity index (χ0v) is 7.61.